The van der Waals surface area contributed by atoms with Gasteiger partial charge in [0.1, 0.15) is 5.82 Å². The topological polar surface area (TPSA) is 63.4 Å². The number of hydrogen-bond donors (Lipinski definition) is 2. The Bertz CT molecular complexity index is 404. The number of pyridine rings is 1. The molecule has 1 fully saturated rings. The van der Waals surface area contributed by atoms with Gasteiger partial charge in [-0.05, 0) is 45.0 Å². The fourth-order valence-electron chi connectivity index (χ4n) is 2.45. The Labute approximate surface area is 115 Å². The zero-order valence-corrected chi connectivity index (χ0v) is 11.9. The van der Waals surface area contributed by atoms with E-state index in [1.165, 1.54) is 32.4 Å². The molecule has 5 heteroatoms. The molecule has 1 saturated heterocycles. The minimum atomic E-state index is 0.482. The normalized spacial score (nSPS) is 18.0. The van der Waals surface area contributed by atoms with E-state index < -0.39 is 0 Å². The van der Waals surface area contributed by atoms with E-state index in [0.29, 0.717) is 17.6 Å². The minimum absolute atomic E-state index is 0.482. The number of methoxy groups -OCH3 is 1. The highest BCUT2D eigenvalue weighted by Crippen LogP contribution is 2.20. The first-order chi connectivity index (χ1) is 9.20. The monoisotopic (exact) mass is 264 g/mol. The van der Waals surface area contributed by atoms with Crippen molar-refractivity contribution >= 4 is 11.5 Å². The van der Waals surface area contributed by atoms with E-state index in [1.54, 1.807) is 7.11 Å². The molecule has 0 radical (unpaired) electrons. The summed E-state index contributed by atoms with van der Waals surface area (Å²) in [6, 6.07) is 4.23. The SMILES string of the molecule is COc1nc(NCC(C)N2CCCCC2)ccc1N. The molecule has 1 atom stereocenters. The lowest BCUT2D eigenvalue weighted by Gasteiger charge is -2.32. The van der Waals surface area contributed by atoms with Gasteiger partial charge in [-0.1, -0.05) is 6.42 Å². The number of nitrogens with zero attached hydrogens (tertiary/aromatic N) is 2. The molecule has 0 bridgehead atoms. The van der Waals surface area contributed by atoms with Crippen molar-refractivity contribution in [3.05, 3.63) is 12.1 Å². The van der Waals surface area contributed by atoms with Gasteiger partial charge in [-0.2, -0.15) is 4.98 Å². The maximum absolute atomic E-state index is 5.75. The molecule has 0 spiro atoms. The Morgan fingerprint density at radius 3 is 2.79 bits per heavy atom. The van der Waals surface area contributed by atoms with Crippen LogP contribution in [0.3, 0.4) is 0 Å². The van der Waals surface area contributed by atoms with Crippen molar-refractivity contribution in [3.8, 4) is 5.88 Å². The number of nitrogen functional groups attached to an aromatic ring is 1. The number of aromatic nitrogens is 1. The van der Waals surface area contributed by atoms with Crippen molar-refractivity contribution in [2.75, 3.05) is 37.8 Å². The van der Waals surface area contributed by atoms with Crippen molar-refractivity contribution in [1.29, 1.82) is 0 Å². The van der Waals surface area contributed by atoms with E-state index in [9.17, 15) is 0 Å². The molecule has 1 aliphatic rings. The molecule has 1 aliphatic heterocycles. The van der Waals surface area contributed by atoms with Crippen molar-refractivity contribution in [2.45, 2.75) is 32.2 Å². The molecule has 5 nitrogen and oxygen atoms in total. The van der Waals surface area contributed by atoms with Gasteiger partial charge in [0.2, 0.25) is 5.88 Å². The molecule has 3 N–H and O–H groups in total. The zero-order valence-electron chi connectivity index (χ0n) is 11.9. The molecule has 19 heavy (non-hydrogen) atoms. The quantitative estimate of drug-likeness (QED) is 0.851. The van der Waals surface area contributed by atoms with E-state index in [1.807, 2.05) is 12.1 Å². The van der Waals surface area contributed by atoms with Gasteiger partial charge in [-0.3, -0.25) is 4.90 Å². The van der Waals surface area contributed by atoms with E-state index in [-0.39, 0.29) is 0 Å². The third-order valence-electron chi connectivity index (χ3n) is 3.68. The van der Waals surface area contributed by atoms with Gasteiger partial charge < -0.3 is 15.8 Å². The summed E-state index contributed by atoms with van der Waals surface area (Å²) in [5.41, 5.74) is 6.32. The van der Waals surface area contributed by atoms with Crippen LogP contribution in [0.2, 0.25) is 0 Å². The summed E-state index contributed by atoms with van der Waals surface area (Å²) >= 11 is 0. The molecule has 1 aromatic rings. The van der Waals surface area contributed by atoms with Crippen LogP contribution in [0.15, 0.2) is 12.1 Å². The van der Waals surface area contributed by atoms with Crippen LogP contribution in [-0.2, 0) is 0 Å². The second-order valence-corrected chi connectivity index (χ2v) is 5.12. The van der Waals surface area contributed by atoms with E-state index in [4.69, 9.17) is 10.5 Å². The van der Waals surface area contributed by atoms with E-state index >= 15 is 0 Å². The zero-order chi connectivity index (χ0) is 13.7. The second-order valence-electron chi connectivity index (χ2n) is 5.12. The maximum atomic E-state index is 5.75. The third kappa shape index (κ3) is 3.73. The van der Waals surface area contributed by atoms with Gasteiger partial charge in [0.15, 0.2) is 0 Å². The number of piperidine rings is 1. The molecule has 2 heterocycles. The molecule has 0 aliphatic carbocycles. The Kier molecular flexibility index (Phi) is 4.85. The highest BCUT2D eigenvalue weighted by atomic mass is 16.5. The van der Waals surface area contributed by atoms with Gasteiger partial charge in [0.25, 0.3) is 0 Å². The summed E-state index contributed by atoms with van der Waals surface area (Å²) in [6.45, 7) is 5.57. The smallest absolute Gasteiger partial charge is 0.238 e. The molecule has 0 aromatic carbocycles. The standard InChI is InChI=1S/C14H24N4O/c1-11(18-8-4-3-5-9-18)10-16-13-7-6-12(15)14(17-13)19-2/h6-7,11H,3-5,8-10,15H2,1-2H3,(H,16,17). The lowest BCUT2D eigenvalue weighted by atomic mass is 10.1. The average Bonchev–Trinajstić information content (AvgIpc) is 2.47. The number of hydrogen-bond acceptors (Lipinski definition) is 5. The summed E-state index contributed by atoms with van der Waals surface area (Å²) in [6.07, 6.45) is 4.00. The fraction of sp³-hybridized carbons (Fsp3) is 0.643. The molecule has 106 valence electrons. The van der Waals surface area contributed by atoms with Gasteiger partial charge in [-0.15, -0.1) is 0 Å². The van der Waals surface area contributed by atoms with Crippen LogP contribution < -0.4 is 15.8 Å². The van der Waals surface area contributed by atoms with Crippen molar-refractivity contribution < 1.29 is 4.74 Å². The van der Waals surface area contributed by atoms with Crippen LogP contribution >= 0.6 is 0 Å². The van der Waals surface area contributed by atoms with Crippen LogP contribution in [-0.4, -0.2) is 42.7 Å². The van der Waals surface area contributed by atoms with Crippen LogP contribution in [0.1, 0.15) is 26.2 Å². The van der Waals surface area contributed by atoms with Gasteiger partial charge in [0.05, 0.1) is 12.8 Å². The Balaban J connectivity index is 1.87. The highest BCUT2D eigenvalue weighted by Gasteiger charge is 2.16. The number of rotatable bonds is 5. The molecular weight excluding hydrogens is 240 g/mol. The second kappa shape index (κ2) is 6.61. The average molecular weight is 264 g/mol. The first-order valence-electron chi connectivity index (χ1n) is 6.99. The molecule has 1 unspecified atom stereocenters. The molecule has 2 rings (SSSR count). The maximum Gasteiger partial charge on any atom is 0.238 e. The van der Waals surface area contributed by atoms with Crippen LogP contribution in [0, 0.1) is 0 Å². The highest BCUT2D eigenvalue weighted by molar-refractivity contribution is 5.53. The molecule has 0 saturated carbocycles. The van der Waals surface area contributed by atoms with Crippen molar-refractivity contribution in [3.63, 3.8) is 0 Å². The summed E-state index contributed by atoms with van der Waals surface area (Å²) in [4.78, 5) is 6.86. The lowest BCUT2D eigenvalue weighted by Crippen LogP contribution is -2.41. The van der Waals surface area contributed by atoms with Crippen molar-refractivity contribution in [2.24, 2.45) is 0 Å². The van der Waals surface area contributed by atoms with Crippen molar-refractivity contribution in [1.82, 2.24) is 9.88 Å². The lowest BCUT2D eigenvalue weighted by molar-refractivity contribution is 0.180. The summed E-state index contributed by atoms with van der Waals surface area (Å²) in [7, 11) is 1.58. The summed E-state index contributed by atoms with van der Waals surface area (Å²) in [5, 5.41) is 3.36. The Morgan fingerprint density at radius 2 is 2.11 bits per heavy atom. The van der Waals surface area contributed by atoms with Gasteiger partial charge in [-0.25, -0.2) is 0 Å². The number of nitrogens with one attached hydrogen (secondary N) is 1. The first kappa shape index (κ1) is 13.9. The largest absolute Gasteiger partial charge is 0.479 e. The summed E-state index contributed by atoms with van der Waals surface area (Å²) in [5.74, 6) is 1.30. The number of anilines is 2. The molecule has 0 amide bonds. The predicted molar refractivity (Wildman–Crippen MR) is 78.6 cm³/mol. The molecule has 1 aromatic heterocycles. The third-order valence-corrected chi connectivity index (χ3v) is 3.68. The Morgan fingerprint density at radius 1 is 1.37 bits per heavy atom. The predicted octanol–water partition coefficient (Wildman–Crippen LogP) is 1.96. The minimum Gasteiger partial charge on any atom is -0.479 e. The van der Waals surface area contributed by atoms with Crippen LogP contribution in [0.5, 0.6) is 5.88 Å². The molecular formula is C14H24N4O. The van der Waals surface area contributed by atoms with Crippen LogP contribution in [0.25, 0.3) is 0 Å². The van der Waals surface area contributed by atoms with E-state index in [2.05, 4.69) is 22.1 Å². The summed E-state index contributed by atoms with van der Waals surface area (Å²) < 4.78 is 5.12. The van der Waals surface area contributed by atoms with E-state index in [0.717, 1.165) is 12.4 Å². The number of likely N-dealkylation sites (tertiary alicyclic amines) is 1. The Hall–Kier alpha value is -1.49. The van der Waals surface area contributed by atoms with Crippen LogP contribution in [0.4, 0.5) is 11.5 Å². The van der Waals surface area contributed by atoms with Gasteiger partial charge in [0, 0.05) is 12.6 Å². The number of ether oxygens (including phenoxy) is 1. The van der Waals surface area contributed by atoms with Gasteiger partial charge >= 0.3 is 0 Å². The fourth-order valence-corrected chi connectivity index (χ4v) is 2.45. The number of nitrogens with two attached hydrogens (primary N) is 1. The first-order valence-corrected chi connectivity index (χ1v) is 6.99.